The minimum Gasteiger partial charge on any atom is -0.480 e. The number of nitrogens with zero attached hydrogens (tertiary/aromatic N) is 1. The summed E-state index contributed by atoms with van der Waals surface area (Å²) in [5, 5.41) is 9.90. The molecule has 110 valence electrons. The SMILES string of the molecule is Cc1[nH]c2ccccc2c1C(=O)N(CC(=O)O)CC1CC1. The lowest BCUT2D eigenvalue weighted by Crippen LogP contribution is -2.37. The van der Waals surface area contributed by atoms with Gasteiger partial charge in [-0.05, 0) is 31.7 Å². The lowest BCUT2D eigenvalue weighted by molar-refractivity contribution is -0.137. The smallest absolute Gasteiger partial charge is 0.323 e. The number of hydrogen-bond donors (Lipinski definition) is 2. The van der Waals surface area contributed by atoms with Crippen LogP contribution in [0.5, 0.6) is 0 Å². The third-order valence-corrected chi connectivity index (χ3v) is 3.90. The van der Waals surface area contributed by atoms with E-state index in [-0.39, 0.29) is 12.5 Å². The van der Waals surface area contributed by atoms with Crippen molar-refractivity contribution in [2.24, 2.45) is 5.92 Å². The van der Waals surface area contributed by atoms with Crippen LogP contribution in [0.25, 0.3) is 10.9 Å². The number of benzene rings is 1. The third-order valence-electron chi connectivity index (χ3n) is 3.90. The Bertz CT molecular complexity index is 701. The van der Waals surface area contributed by atoms with Gasteiger partial charge in [0.15, 0.2) is 0 Å². The van der Waals surface area contributed by atoms with Crippen LogP contribution < -0.4 is 0 Å². The van der Waals surface area contributed by atoms with Gasteiger partial charge in [0.2, 0.25) is 0 Å². The van der Waals surface area contributed by atoms with E-state index >= 15 is 0 Å². The number of H-pyrrole nitrogens is 1. The van der Waals surface area contributed by atoms with E-state index in [1.807, 2.05) is 31.2 Å². The molecule has 1 amide bonds. The van der Waals surface area contributed by atoms with Gasteiger partial charge in [0.05, 0.1) is 5.56 Å². The van der Waals surface area contributed by atoms with Gasteiger partial charge < -0.3 is 15.0 Å². The van der Waals surface area contributed by atoms with Gasteiger partial charge in [0, 0.05) is 23.1 Å². The van der Waals surface area contributed by atoms with E-state index in [0.29, 0.717) is 18.0 Å². The summed E-state index contributed by atoms with van der Waals surface area (Å²) in [6.07, 6.45) is 2.16. The van der Waals surface area contributed by atoms with Crippen molar-refractivity contribution in [1.82, 2.24) is 9.88 Å². The molecule has 1 aromatic heterocycles. The van der Waals surface area contributed by atoms with Crippen LogP contribution in [-0.2, 0) is 4.79 Å². The Hall–Kier alpha value is -2.30. The summed E-state index contributed by atoms with van der Waals surface area (Å²) in [7, 11) is 0. The Morgan fingerprint density at radius 1 is 1.33 bits per heavy atom. The fraction of sp³-hybridized carbons (Fsp3) is 0.375. The molecule has 1 aliphatic carbocycles. The number of carboxylic acid groups (broad SMARTS) is 1. The maximum absolute atomic E-state index is 12.8. The first-order valence-electron chi connectivity index (χ1n) is 7.14. The number of rotatable bonds is 5. The molecular weight excluding hydrogens is 268 g/mol. The zero-order chi connectivity index (χ0) is 15.0. The number of hydrogen-bond acceptors (Lipinski definition) is 2. The van der Waals surface area contributed by atoms with Crippen LogP contribution in [0.2, 0.25) is 0 Å². The molecule has 21 heavy (non-hydrogen) atoms. The molecule has 3 rings (SSSR count). The summed E-state index contributed by atoms with van der Waals surface area (Å²) in [6, 6.07) is 7.60. The fourth-order valence-corrected chi connectivity index (χ4v) is 2.70. The molecule has 1 saturated carbocycles. The largest absolute Gasteiger partial charge is 0.480 e. The minimum atomic E-state index is -0.971. The van der Waals surface area contributed by atoms with E-state index in [9.17, 15) is 9.59 Å². The minimum absolute atomic E-state index is 0.195. The van der Waals surface area contributed by atoms with E-state index in [2.05, 4.69) is 4.98 Å². The predicted octanol–water partition coefficient (Wildman–Crippen LogP) is 2.41. The van der Waals surface area contributed by atoms with Gasteiger partial charge in [-0.15, -0.1) is 0 Å². The molecule has 1 fully saturated rings. The average molecular weight is 286 g/mol. The highest BCUT2D eigenvalue weighted by Crippen LogP contribution is 2.31. The molecule has 5 heteroatoms. The molecule has 0 spiro atoms. The van der Waals surface area contributed by atoms with Gasteiger partial charge in [-0.2, -0.15) is 0 Å². The third kappa shape index (κ3) is 2.77. The summed E-state index contributed by atoms with van der Waals surface area (Å²) in [4.78, 5) is 28.5. The average Bonchev–Trinajstić information content (AvgIpc) is 3.17. The second-order valence-corrected chi connectivity index (χ2v) is 5.69. The Labute approximate surface area is 122 Å². The highest BCUT2D eigenvalue weighted by Gasteiger charge is 2.30. The van der Waals surface area contributed by atoms with Crippen molar-refractivity contribution in [3.8, 4) is 0 Å². The molecule has 0 unspecified atom stereocenters. The number of amides is 1. The Morgan fingerprint density at radius 2 is 2.05 bits per heavy atom. The molecule has 2 N–H and O–H groups in total. The van der Waals surface area contributed by atoms with Crippen molar-refractivity contribution in [3.05, 3.63) is 35.5 Å². The fourth-order valence-electron chi connectivity index (χ4n) is 2.70. The van der Waals surface area contributed by atoms with Crippen LogP contribution >= 0.6 is 0 Å². The van der Waals surface area contributed by atoms with Crippen LogP contribution in [0.15, 0.2) is 24.3 Å². The number of carboxylic acids is 1. The number of aromatic amines is 1. The van der Waals surface area contributed by atoms with Crippen LogP contribution in [0, 0.1) is 12.8 Å². The number of aliphatic carboxylic acids is 1. The van der Waals surface area contributed by atoms with Gasteiger partial charge in [-0.1, -0.05) is 18.2 Å². The molecule has 1 heterocycles. The topological polar surface area (TPSA) is 73.4 Å². The molecule has 1 aliphatic rings. The van der Waals surface area contributed by atoms with Crippen molar-refractivity contribution in [2.45, 2.75) is 19.8 Å². The number of para-hydroxylation sites is 1. The lowest BCUT2D eigenvalue weighted by atomic mass is 10.1. The van der Waals surface area contributed by atoms with Crippen molar-refractivity contribution in [2.75, 3.05) is 13.1 Å². The van der Waals surface area contributed by atoms with E-state index in [1.165, 1.54) is 4.90 Å². The number of fused-ring (bicyclic) bond motifs is 1. The Kier molecular flexibility index (Phi) is 3.41. The molecule has 0 aliphatic heterocycles. The van der Waals surface area contributed by atoms with E-state index < -0.39 is 5.97 Å². The van der Waals surface area contributed by atoms with Gasteiger partial charge in [0.25, 0.3) is 5.91 Å². The predicted molar refractivity (Wildman–Crippen MR) is 79.3 cm³/mol. The number of aromatic nitrogens is 1. The summed E-state index contributed by atoms with van der Waals surface area (Å²) >= 11 is 0. The second kappa shape index (κ2) is 5.24. The van der Waals surface area contributed by atoms with Gasteiger partial charge in [-0.3, -0.25) is 9.59 Å². The van der Waals surface area contributed by atoms with Crippen molar-refractivity contribution >= 4 is 22.8 Å². The standard InChI is InChI=1S/C16H18N2O3/c1-10-15(12-4-2-3-5-13(12)17-10)16(21)18(9-14(19)20)8-11-6-7-11/h2-5,11,17H,6-9H2,1H3,(H,19,20). The molecule has 0 saturated heterocycles. The summed E-state index contributed by atoms with van der Waals surface area (Å²) in [5.41, 5.74) is 2.28. The van der Waals surface area contributed by atoms with E-state index in [4.69, 9.17) is 5.11 Å². The van der Waals surface area contributed by atoms with Gasteiger partial charge >= 0.3 is 5.97 Å². The normalized spacial score (nSPS) is 14.3. The second-order valence-electron chi connectivity index (χ2n) is 5.69. The van der Waals surface area contributed by atoms with E-state index in [1.54, 1.807) is 0 Å². The number of carbonyl (C=O) groups excluding carboxylic acids is 1. The quantitative estimate of drug-likeness (QED) is 0.886. The number of carbonyl (C=O) groups is 2. The number of nitrogens with one attached hydrogen (secondary N) is 1. The highest BCUT2D eigenvalue weighted by atomic mass is 16.4. The molecule has 2 aromatic rings. The summed E-state index contributed by atoms with van der Waals surface area (Å²) in [5.74, 6) is -0.709. The molecule has 0 atom stereocenters. The van der Waals surface area contributed by atoms with Crippen LogP contribution in [-0.4, -0.2) is 40.0 Å². The van der Waals surface area contributed by atoms with E-state index in [0.717, 1.165) is 29.4 Å². The molecule has 0 radical (unpaired) electrons. The molecule has 5 nitrogen and oxygen atoms in total. The maximum atomic E-state index is 12.8. The van der Waals surface area contributed by atoms with Crippen LogP contribution in [0.3, 0.4) is 0 Å². The lowest BCUT2D eigenvalue weighted by Gasteiger charge is -2.20. The molecule has 1 aromatic carbocycles. The van der Waals surface area contributed by atoms with Crippen molar-refractivity contribution in [1.29, 1.82) is 0 Å². The molecule has 0 bridgehead atoms. The maximum Gasteiger partial charge on any atom is 0.323 e. The molecular formula is C16H18N2O3. The van der Waals surface area contributed by atoms with Crippen molar-refractivity contribution < 1.29 is 14.7 Å². The monoisotopic (exact) mass is 286 g/mol. The highest BCUT2D eigenvalue weighted by molar-refractivity contribution is 6.08. The van der Waals surface area contributed by atoms with Crippen molar-refractivity contribution in [3.63, 3.8) is 0 Å². The first-order valence-corrected chi connectivity index (χ1v) is 7.14. The first-order chi connectivity index (χ1) is 10.1. The summed E-state index contributed by atoms with van der Waals surface area (Å²) in [6.45, 7) is 2.14. The van der Waals surface area contributed by atoms with Crippen LogP contribution in [0.1, 0.15) is 28.9 Å². The van der Waals surface area contributed by atoms with Crippen LogP contribution in [0.4, 0.5) is 0 Å². The Morgan fingerprint density at radius 3 is 2.71 bits per heavy atom. The van der Waals surface area contributed by atoms with Gasteiger partial charge in [0.1, 0.15) is 6.54 Å². The Balaban J connectivity index is 1.96. The first kappa shape index (κ1) is 13.7. The summed E-state index contributed by atoms with van der Waals surface area (Å²) < 4.78 is 0. The zero-order valence-corrected chi connectivity index (χ0v) is 11.9. The zero-order valence-electron chi connectivity index (χ0n) is 11.9. The van der Waals surface area contributed by atoms with Gasteiger partial charge in [-0.25, -0.2) is 0 Å². The number of aryl methyl sites for hydroxylation is 1.